The second-order valence-electron chi connectivity index (χ2n) is 5.86. The van der Waals surface area contributed by atoms with E-state index >= 15 is 0 Å². The molecule has 8 heteroatoms. The Labute approximate surface area is 137 Å². The second-order valence-corrected chi connectivity index (χ2v) is 5.86. The van der Waals surface area contributed by atoms with Gasteiger partial charge in [0, 0.05) is 13.6 Å². The van der Waals surface area contributed by atoms with Crippen molar-refractivity contribution in [3.8, 4) is 0 Å². The zero-order valence-corrected chi connectivity index (χ0v) is 13.1. The number of fused-ring (bicyclic) bond motifs is 1. The summed E-state index contributed by atoms with van der Waals surface area (Å²) in [6.07, 6.45) is 3.03. The molecule has 3 aromatic rings. The molecule has 24 heavy (non-hydrogen) atoms. The van der Waals surface area contributed by atoms with Crippen LogP contribution in [0, 0.1) is 0 Å². The highest BCUT2D eigenvalue weighted by molar-refractivity contribution is 5.92. The fourth-order valence-corrected chi connectivity index (χ4v) is 3.26. The number of carbonyl (C=O) groups excluding carboxylic acids is 1. The molecule has 0 spiro atoms. The first-order valence-electron chi connectivity index (χ1n) is 7.79. The summed E-state index contributed by atoms with van der Waals surface area (Å²) in [5, 5.41) is 10.6. The van der Waals surface area contributed by atoms with Gasteiger partial charge < -0.3 is 4.90 Å². The number of nitrogens with one attached hydrogen (secondary N) is 1. The van der Waals surface area contributed by atoms with Crippen LogP contribution in [0.5, 0.6) is 0 Å². The molecule has 1 N–H and O–H groups in total. The van der Waals surface area contributed by atoms with E-state index in [9.17, 15) is 9.59 Å². The summed E-state index contributed by atoms with van der Waals surface area (Å²) >= 11 is 0. The monoisotopic (exact) mass is 324 g/mol. The van der Waals surface area contributed by atoms with Crippen LogP contribution in [0.25, 0.3) is 10.9 Å². The number of para-hydroxylation sites is 1. The van der Waals surface area contributed by atoms with Gasteiger partial charge in [0.25, 0.3) is 11.5 Å². The lowest BCUT2D eigenvalue weighted by Crippen LogP contribution is -2.35. The Kier molecular flexibility index (Phi) is 3.37. The smallest absolute Gasteiger partial charge is 0.276 e. The number of hydrogen-bond donors (Lipinski definition) is 1. The van der Waals surface area contributed by atoms with Crippen LogP contribution in [-0.2, 0) is 7.05 Å². The molecule has 1 fully saturated rings. The molecule has 122 valence electrons. The zero-order chi connectivity index (χ0) is 16.7. The van der Waals surface area contributed by atoms with E-state index in [0.29, 0.717) is 23.3 Å². The predicted octanol–water partition coefficient (Wildman–Crippen LogP) is 1.03. The summed E-state index contributed by atoms with van der Waals surface area (Å²) in [7, 11) is 1.70. The van der Waals surface area contributed by atoms with Gasteiger partial charge in [0.1, 0.15) is 5.82 Å². The lowest BCUT2D eigenvalue weighted by Gasteiger charge is -2.25. The average Bonchev–Trinajstić information content (AvgIpc) is 3.29. The molecule has 1 aliphatic heterocycles. The van der Waals surface area contributed by atoms with Crippen LogP contribution in [0.3, 0.4) is 0 Å². The van der Waals surface area contributed by atoms with Crippen molar-refractivity contribution in [2.75, 3.05) is 6.54 Å². The topological polar surface area (TPSA) is 96.8 Å². The molecule has 1 aliphatic rings. The van der Waals surface area contributed by atoms with Gasteiger partial charge in [0.15, 0.2) is 5.69 Å². The molecule has 0 bridgehead atoms. The van der Waals surface area contributed by atoms with E-state index in [1.54, 1.807) is 22.6 Å². The molecule has 1 amide bonds. The molecule has 1 atom stereocenters. The molecule has 0 saturated carbocycles. The predicted molar refractivity (Wildman–Crippen MR) is 86.4 cm³/mol. The van der Waals surface area contributed by atoms with Gasteiger partial charge in [0.05, 0.1) is 23.1 Å². The van der Waals surface area contributed by atoms with Gasteiger partial charge in [0.2, 0.25) is 0 Å². The van der Waals surface area contributed by atoms with Gasteiger partial charge in [-0.25, -0.2) is 4.98 Å². The Hall–Kier alpha value is -3.03. The molecular weight excluding hydrogens is 308 g/mol. The number of benzene rings is 1. The number of hydrogen-bond acceptors (Lipinski definition) is 5. The van der Waals surface area contributed by atoms with Crippen LogP contribution in [-0.4, -0.2) is 42.3 Å². The Bertz CT molecular complexity index is 962. The fourth-order valence-electron chi connectivity index (χ4n) is 3.26. The molecule has 1 saturated heterocycles. The first kappa shape index (κ1) is 14.6. The van der Waals surface area contributed by atoms with Crippen molar-refractivity contribution in [1.29, 1.82) is 0 Å². The maximum Gasteiger partial charge on any atom is 0.276 e. The van der Waals surface area contributed by atoms with E-state index in [2.05, 4.69) is 20.4 Å². The Morgan fingerprint density at radius 1 is 1.33 bits per heavy atom. The molecule has 0 radical (unpaired) electrons. The Morgan fingerprint density at radius 3 is 2.96 bits per heavy atom. The van der Waals surface area contributed by atoms with Gasteiger partial charge in [-0.3, -0.25) is 14.2 Å². The number of nitrogens with zero attached hydrogens (tertiary/aromatic N) is 5. The normalized spacial score (nSPS) is 17.5. The Balaban J connectivity index is 1.80. The summed E-state index contributed by atoms with van der Waals surface area (Å²) in [4.78, 5) is 31.6. The number of H-pyrrole nitrogens is 1. The molecule has 2 aromatic heterocycles. The lowest BCUT2D eigenvalue weighted by atomic mass is 10.1. The SMILES string of the molecule is Cn1c(C2CCCN2C(=O)c2cn[nH]n2)nc2ccccc2c1=O. The van der Waals surface area contributed by atoms with E-state index in [1.807, 2.05) is 18.2 Å². The number of carbonyl (C=O) groups is 1. The maximum atomic E-state index is 12.6. The van der Waals surface area contributed by atoms with Crippen molar-refractivity contribution in [3.05, 3.63) is 52.3 Å². The minimum atomic E-state index is -0.239. The third-order valence-electron chi connectivity index (χ3n) is 4.46. The van der Waals surface area contributed by atoms with Crippen LogP contribution < -0.4 is 5.56 Å². The number of amides is 1. The highest BCUT2D eigenvalue weighted by Crippen LogP contribution is 2.31. The highest BCUT2D eigenvalue weighted by atomic mass is 16.2. The summed E-state index contributed by atoms with van der Waals surface area (Å²) in [5.74, 6) is 0.404. The van der Waals surface area contributed by atoms with E-state index in [-0.39, 0.29) is 23.2 Å². The van der Waals surface area contributed by atoms with Crippen molar-refractivity contribution in [3.63, 3.8) is 0 Å². The van der Waals surface area contributed by atoms with Crippen molar-refractivity contribution in [2.24, 2.45) is 7.05 Å². The van der Waals surface area contributed by atoms with E-state index < -0.39 is 0 Å². The van der Waals surface area contributed by atoms with Crippen LogP contribution in [0.15, 0.2) is 35.3 Å². The first-order valence-corrected chi connectivity index (χ1v) is 7.79. The summed E-state index contributed by atoms with van der Waals surface area (Å²) in [5.41, 5.74) is 0.820. The quantitative estimate of drug-likeness (QED) is 0.759. The number of likely N-dealkylation sites (tertiary alicyclic amines) is 1. The van der Waals surface area contributed by atoms with E-state index in [0.717, 1.165) is 12.8 Å². The third kappa shape index (κ3) is 2.18. The van der Waals surface area contributed by atoms with Gasteiger partial charge >= 0.3 is 0 Å². The standard InChI is InChI=1S/C16H16N6O2/c1-21-14(18-11-6-3-2-5-10(11)15(21)23)13-7-4-8-22(13)16(24)12-9-17-20-19-12/h2-3,5-6,9,13H,4,7-8H2,1H3,(H,17,19,20). The van der Waals surface area contributed by atoms with Gasteiger partial charge in [-0.05, 0) is 25.0 Å². The third-order valence-corrected chi connectivity index (χ3v) is 4.46. The summed E-state index contributed by atoms with van der Waals surface area (Å²) in [6.45, 7) is 0.610. The molecule has 1 unspecified atom stereocenters. The van der Waals surface area contributed by atoms with Crippen LogP contribution in [0.4, 0.5) is 0 Å². The second kappa shape index (κ2) is 5.55. The van der Waals surface area contributed by atoms with Crippen molar-refractivity contribution in [2.45, 2.75) is 18.9 Å². The van der Waals surface area contributed by atoms with E-state index in [4.69, 9.17) is 0 Å². The van der Waals surface area contributed by atoms with E-state index in [1.165, 1.54) is 6.20 Å². The van der Waals surface area contributed by atoms with Crippen LogP contribution in [0.2, 0.25) is 0 Å². The zero-order valence-electron chi connectivity index (χ0n) is 13.1. The number of rotatable bonds is 2. The highest BCUT2D eigenvalue weighted by Gasteiger charge is 2.34. The van der Waals surface area contributed by atoms with Crippen molar-refractivity contribution >= 4 is 16.8 Å². The molecule has 0 aliphatic carbocycles. The minimum Gasteiger partial charge on any atom is -0.327 e. The Morgan fingerprint density at radius 2 is 2.17 bits per heavy atom. The molecule has 4 rings (SSSR count). The summed E-state index contributed by atoms with van der Waals surface area (Å²) < 4.78 is 1.54. The van der Waals surface area contributed by atoms with Crippen LogP contribution >= 0.6 is 0 Å². The van der Waals surface area contributed by atoms with Gasteiger partial charge in [-0.2, -0.15) is 15.4 Å². The summed E-state index contributed by atoms with van der Waals surface area (Å²) in [6, 6.07) is 7.02. The van der Waals surface area contributed by atoms with Gasteiger partial charge in [-0.1, -0.05) is 12.1 Å². The first-order chi connectivity index (χ1) is 11.7. The molecular formula is C16H16N6O2. The number of aromatic amines is 1. The van der Waals surface area contributed by atoms with Crippen molar-refractivity contribution in [1.82, 2.24) is 29.9 Å². The lowest BCUT2D eigenvalue weighted by molar-refractivity contribution is 0.0721. The number of aromatic nitrogens is 5. The minimum absolute atomic E-state index is 0.101. The van der Waals surface area contributed by atoms with Gasteiger partial charge in [-0.15, -0.1) is 0 Å². The molecule has 3 heterocycles. The molecule has 1 aromatic carbocycles. The maximum absolute atomic E-state index is 12.6. The largest absolute Gasteiger partial charge is 0.327 e. The fraction of sp³-hybridized carbons (Fsp3) is 0.312. The molecule has 8 nitrogen and oxygen atoms in total. The van der Waals surface area contributed by atoms with Crippen LogP contribution in [0.1, 0.15) is 35.2 Å². The van der Waals surface area contributed by atoms with Crippen molar-refractivity contribution < 1.29 is 4.79 Å². The average molecular weight is 324 g/mol.